The smallest absolute Gasteiger partial charge is 0.310 e. The number of hydrogen-bond donors (Lipinski definition) is 1. The number of nitrogens with one attached hydrogen (secondary N) is 1. The number of aryl methyl sites for hydroxylation is 1. The van der Waals surface area contributed by atoms with E-state index in [-0.39, 0.29) is 40.9 Å². The number of benzene rings is 2. The Hall–Kier alpha value is -4.21. The van der Waals surface area contributed by atoms with Crippen LogP contribution in [-0.4, -0.2) is 15.8 Å². The second-order valence-electron chi connectivity index (χ2n) is 6.01. The van der Waals surface area contributed by atoms with Crippen molar-refractivity contribution in [1.29, 1.82) is 0 Å². The molecular formula is C19H15N3O7. The molecule has 10 heteroatoms. The molecular weight excluding hydrogens is 382 g/mol. The van der Waals surface area contributed by atoms with Crippen LogP contribution in [0.2, 0.25) is 0 Å². The lowest BCUT2D eigenvalue weighted by atomic mass is 10.2. The van der Waals surface area contributed by atoms with Crippen LogP contribution in [0.3, 0.4) is 0 Å². The van der Waals surface area contributed by atoms with Gasteiger partial charge in [0.15, 0.2) is 11.5 Å². The fraction of sp³-hybridized carbons (Fsp3) is 0.105. The number of amides is 1. The highest BCUT2D eigenvalue weighted by Crippen LogP contribution is 2.28. The van der Waals surface area contributed by atoms with Gasteiger partial charge in [0.25, 0.3) is 11.6 Å². The van der Waals surface area contributed by atoms with Crippen molar-refractivity contribution in [2.45, 2.75) is 13.5 Å². The van der Waals surface area contributed by atoms with Crippen molar-refractivity contribution in [3.63, 3.8) is 0 Å². The summed E-state index contributed by atoms with van der Waals surface area (Å²) in [5.41, 5.74) is 0.301. The Morgan fingerprint density at radius 3 is 2.48 bits per heavy atom. The minimum atomic E-state index is -0.672. The molecule has 0 aliphatic rings. The van der Waals surface area contributed by atoms with Gasteiger partial charge in [0.2, 0.25) is 0 Å². The SMILES string of the molecule is Cc1ccc(NC(=O)c2ccc(COc3ccccc3[N+](=O)[O-])o2)c([N+](=O)[O-])c1. The first-order chi connectivity index (χ1) is 13.8. The zero-order valence-electron chi connectivity index (χ0n) is 15.2. The highest BCUT2D eigenvalue weighted by molar-refractivity contribution is 6.03. The molecule has 148 valence electrons. The van der Waals surface area contributed by atoms with Crippen LogP contribution in [0.1, 0.15) is 21.9 Å². The predicted molar refractivity (Wildman–Crippen MR) is 102 cm³/mol. The van der Waals surface area contributed by atoms with E-state index in [1.54, 1.807) is 19.1 Å². The Kier molecular flexibility index (Phi) is 5.54. The average Bonchev–Trinajstić information content (AvgIpc) is 3.17. The largest absolute Gasteiger partial charge is 0.479 e. The van der Waals surface area contributed by atoms with E-state index in [0.717, 1.165) is 0 Å². The molecule has 29 heavy (non-hydrogen) atoms. The van der Waals surface area contributed by atoms with Crippen LogP contribution in [0.4, 0.5) is 17.1 Å². The summed E-state index contributed by atoms with van der Waals surface area (Å²) in [6, 6.07) is 13.2. The number of nitrogens with zero attached hydrogens (tertiary/aromatic N) is 2. The number of hydrogen-bond acceptors (Lipinski definition) is 7. The highest BCUT2D eigenvalue weighted by atomic mass is 16.6. The summed E-state index contributed by atoms with van der Waals surface area (Å²) in [4.78, 5) is 33.4. The molecule has 0 aliphatic heterocycles. The molecule has 0 aliphatic carbocycles. The van der Waals surface area contributed by atoms with Crippen molar-refractivity contribution in [3.8, 4) is 5.75 Å². The number of nitro groups is 2. The molecule has 3 aromatic rings. The normalized spacial score (nSPS) is 10.4. The van der Waals surface area contributed by atoms with Crippen molar-refractivity contribution in [1.82, 2.24) is 0 Å². The van der Waals surface area contributed by atoms with Gasteiger partial charge in [0, 0.05) is 12.1 Å². The van der Waals surface area contributed by atoms with Crippen molar-refractivity contribution < 1.29 is 23.8 Å². The third-order valence-electron chi connectivity index (χ3n) is 3.92. The maximum absolute atomic E-state index is 12.3. The minimum absolute atomic E-state index is 0.0414. The Bertz CT molecular complexity index is 1090. The first kappa shape index (κ1) is 19.5. The zero-order valence-corrected chi connectivity index (χ0v) is 15.2. The van der Waals surface area contributed by atoms with E-state index >= 15 is 0 Å². The fourth-order valence-corrected chi connectivity index (χ4v) is 2.54. The summed E-state index contributed by atoms with van der Waals surface area (Å²) < 4.78 is 10.8. The molecule has 0 radical (unpaired) electrons. The molecule has 0 atom stereocenters. The van der Waals surface area contributed by atoms with Crippen molar-refractivity contribution >= 4 is 23.0 Å². The van der Waals surface area contributed by atoms with E-state index in [4.69, 9.17) is 9.15 Å². The van der Waals surface area contributed by atoms with Crippen molar-refractivity contribution in [3.05, 3.63) is 91.9 Å². The van der Waals surface area contributed by atoms with E-state index in [1.807, 2.05) is 0 Å². The Morgan fingerprint density at radius 1 is 1.03 bits per heavy atom. The summed E-state index contributed by atoms with van der Waals surface area (Å²) >= 11 is 0. The summed E-state index contributed by atoms with van der Waals surface area (Å²) in [7, 11) is 0. The summed E-state index contributed by atoms with van der Waals surface area (Å²) in [6.07, 6.45) is 0. The van der Waals surface area contributed by atoms with Crippen molar-refractivity contribution in [2.24, 2.45) is 0 Å². The van der Waals surface area contributed by atoms with Gasteiger partial charge in [-0.15, -0.1) is 0 Å². The van der Waals surface area contributed by atoms with E-state index < -0.39 is 15.8 Å². The quantitative estimate of drug-likeness (QED) is 0.465. The molecule has 1 heterocycles. The third kappa shape index (κ3) is 4.56. The monoisotopic (exact) mass is 397 g/mol. The standard InChI is InChI=1S/C19H15N3O7/c1-12-6-8-14(16(10-12)22(26)27)20-19(23)18-9-7-13(29-18)11-28-17-5-3-2-4-15(17)21(24)25/h2-10H,11H2,1H3,(H,20,23). The third-order valence-corrected chi connectivity index (χ3v) is 3.92. The molecule has 1 amide bonds. The molecule has 0 unspecified atom stereocenters. The molecule has 1 aromatic heterocycles. The fourth-order valence-electron chi connectivity index (χ4n) is 2.54. The lowest BCUT2D eigenvalue weighted by molar-refractivity contribution is -0.386. The summed E-state index contributed by atoms with van der Waals surface area (Å²) in [5.74, 6) is -0.434. The van der Waals surface area contributed by atoms with Gasteiger partial charge in [0.1, 0.15) is 18.1 Å². The van der Waals surface area contributed by atoms with Crippen LogP contribution in [0.5, 0.6) is 5.75 Å². The van der Waals surface area contributed by atoms with E-state index in [9.17, 15) is 25.0 Å². The summed E-state index contributed by atoms with van der Waals surface area (Å²) in [6.45, 7) is 1.57. The second kappa shape index (κ2) is 8.21. The molecule has 0 fully saturated rings. The number of ether oxygens (including phenoxy) is 1. The van der Waals surface area contributed by atoms with Gasteiger partial charge in [-0.2, -0.15) is 0 Å². The van der Waals surface area contributed by atoms with Crippen LogP contribution < -0.4 is 10.1 Å². The Labute approximate surface area is 164 Å². The molecule has 10 nitrogen and oxygen atoms in total. The van der Waals surface area contributed by atoms with Gasteiger partial charge in [-0.1, -0.05) is 18.2 Å². The lowest BCUT2D eigenvalue weighted by Crippen LogP contribution is -2.12. The molecule has 2 aromatic carbocycles. The number of rotatable bonds is 7. The Morgan fingerprint density at radius 2 is 1.76 bits per heavy atom. The zero-order chi connectivity index (χ0) is 21.0. The van der Waals surface area contributed by atoms with Crippen LogP contribution in [0.15, 0.2) is 59.0 Å². The average molecular weight is 397 g/mol. The molecule has 0 spiro atoms. The number of nitro benzene ring substituents is 2. The molecule has 3 rings (SSSR count). The molecule has 0 saturated heterocycles. The molecule has 0 bridgehead atoms. The van der Waals surface area contributed by atoms with Crippen LogP contribution in [0.25, 0.3) is 0 Å². The highest BCUT2D eigenvalue weighted by Gasteiger charge is 2.19. The number of furan rings is 1. The van der Waals surface area contributed by atoms with E-state index in [2.05, 4.69) is 5.32 Å². The number of carbonyl (C=O) groups excluding carboxylic acids is 1. The van der Waals surface area contributed by atoms with Gasteiger partial charge < -0.3 is 14.5 Å². The van der Waals surface area contributed by atoms with Gasteiger partial charge in [-0.3, -0.25) is 25.0 Å². The maximum atomic E-state index is 12.3. The molecule has 0 saturated carbocycles. The van der Waals surface area contributed by atoms with Gasteiger partial charge in [-0.05, 0) is 36.8 Å². The number of para-hydroxylation sites is 2. The van der Waals surface area contributed by atoms with E-state index in [1.165, 1.54) is 42.5 Å². The van der Waals surface area contributed by atoms with Crippen LogP contribution in [-0.2, 0) is 6.61 Å². The first-order valence-electron chi connectivity index (χ1n) is 8.36. The maximum Gasteiger partial charge on any atom is 0.310 e. The Balaban J connectivity index is 1.70. The van der Waals surface area contributed by atoms with Crippen LogP contribution in [0, 0.1) is 27.2 Å². The lowest BCUT2D eigenvalue weighted by Gasteiger charge is -2.06. The van der Waals surface area contributed by atoms with Crippen molar-refractivity contribution in [2.75, 3.05) is 5.32 Å². The minimum Gasteiger partial charge on any atom is -0.479 e. The van der Waals surface area contributed by atoms with E-state index in [0.29, 0.717) is 5.56 Å². The van der Waals surface area contributed by atoms with Gasteiger partial charge in [0.05, 0.1) is 9.85 Å². The second-order valence-corrected chi connectivity index (χ2v) is 6.01. The summed E-state index contributed by atoms with van der Waals surface area (Å²) in [5, 5.41) is 24.6. The van der Waals surface area contributed by atoms with Gasteiger partial charge >= 0.3 is 5.69 Å². The number of carbonyl (C=O) groups is 1. The van der Waals surface area contributed by atoms with Gasteiger partial charge in [-0.25, -0.2) is 0 Å². The number of anilines is 1. The van der Waals surface area contributed by atoms with Crippen LogP contribution >= 0.6 is 0 Å². The molecule has 1 N–H and O–H groups in total. The first-order valence-corrected chi connectivity index (χ1v) is 8.36. The topological polar surface area (TPSA) is 138 Å². The predicted octanol–water partition coefficient (Wildman–Crippen LogP) is 4.24.